The number of nitrogens with one attached hydrogen (secondary N) is 2. The van der Waals surface area contributed by atoms with Gasteiger partial charge in [-0.3, -0.25) is 9.59 Å². The van der Waals surface area contributed by atoms with Crippen molar-refractivity contribution in [1.29, 1.82) is 0 Å². The monoisotopic (exact) mass is 541 g/mol. The maximum absolute atomic E-state index is 12.1. The summed E-state index contributed by atoms with van der Waals surface area (Å²) in [4.78, 5) is 30.6. The highest BCUT2D eigenvalue weighted by molar-refractivity contribution is 9.11. The highest BCUT2D eigenvalue weighted by atomic mass is 79.9. The van der Waals surface area contributed by atoms with Crippen LogP contribution in [0, 0.1) is 0 Å². The minimum Gasteiger partial charge on any atom is -0.480 e. The summed E-state index contributed by atoms with van der Waals surface area (Å²) in [5, 5.41) is 11.0. The molecule has 3 N–H and O–H groups in total. The minimum atomic E-state index is -1.11. The molecule has 0 saturated carbocycles. The Kier molecular flexibility index (Phi) is 7.20. The zero-order valence-electron chi connectivity index (χ0n) is 15.3. The second kappa shape index (κ2) is 9.64. The van der Waals surface area contributed by atoms with Gasteiger partial charge in [0.05, 0.1) is 20.0 Å². The predicted molar refractivity (Wildman–Crippen MR) is 120 cm³/mol. The van der Waals surface area contributed by atoms with E-state index in [0.29, 0.717) is 26.0 Å². The molecule has 0 atom stereocenters. The third-order valence-corrected chi connectivity index (χ3v) is 5.72. The number of carbonyl (C=O) groups is 2. The Bertz CT molecular complexity index is 1050. The van der Waals surface area contributed by atoms with Crippen LogP contribution in [0.3, 0.4) is 0 Å². The molecule has 0 aliphatic heterocycles. The van der Waals surface area contributed by atoms with E-state index in [2.05, 4.69) is 53.4 Å². The van der Waals surface area contributed by atoms with Crippen LogP contribution in [-0.2, 0) is 11.2 Å². The molecule has 0 unspecified atom stereocenters. The van der Waals surface area contributed by atoms with Gasteiger partial charge < -0.3 is 20.1 Å². The van der Waals surface area contributed by atoms with Gasteiger partial charge >= 0.3 is 5.97 Å². The lowest BCUT2D eigenvalue weighted by atomic mass is 10.2. The van der Waals surface area contributed by atoms with Crippen molar-refractivity contribution in [3.05, 3.63) is 50.7 Å². The van der Waals surface area contributed by atoms with Crippen LogP contribution in [0.4, 0.5) is 0 Å². The number of halogens is 2. The van der Waals surface area contributed by atoms with E-state index in [1.807, 2.05) is 18.2 Å². The molecule has 0 radical (unpaired) electrons. The molecule has 0 fully saturated rings. The third-order valence-electron chi connectivity index (χ3n) is 3.93. The summed E-state index contributed by atoms with van der Waals surface area (Å²) >= 11 is 8.59. The van der Waals surface area contributed by atoms with Crippen molar-refractivity contribution in [2.75, 3.05) is 18.6 Å². The van der Waals surface area contributed by atoms with E-state index < -0.39 is 18.4 Å². The summed E-state index contributed by atoms with van der Waals surface area (Å²) in [6.07, 6.45) is 2.93. The Hall–Kier alpha value is -2.04. The van der Waals surface area contributed by atoms with E-state index >= 15 is 0 Å². The third kappa shape index (κ3) is 5.52. The predicted octanol–water partition coefficient (Wildman–Crippen LogP) is 4.60. The van der Waals surface area contributed by atoms with Crippen LogP contribution < -0.4 is 10.1 Å². The van der Waals surface area contributed by atoms with Crippen molar-refractivity contribution in [3.63, 3.8) is 0 Å². The summed E-state index contributed by atoms with van der Waals surface area (Å²) in [6, 6.07) is 8.74. The van der Waals surface area contributed by atoms with Crippen molar-refractivity contribution in [2.45, 2.75) is 6.42 Å². The number of benzene rings is 2. The van der Waals surface area contributed by atoms with Gasteiger partial charge in [-0.15, -0.1) is 0 Å². The smallest absolute Gasteiger partial charge is 0.322 e. The van der Waals surface area contributed by atoms with Gasteiger partial charge in [0.1, 0.15) is 18.1 Å². The quantitative estimate of drug-likeness (QED) is 0.384. The molecule has 1 amide bonds. The fourth-order valence-electron chi connectivity index (χ4n) is 2.59. The van der Waals surface area contributed by atoms with Crippen LogP contribution in [-0.4, -0.2) is 45.5 Å². The molecule has 0 spiro atoms. The van der Waals surface area contributed by atoms with Gasteiger partial charge in [0.15, 0.2) is 5.75 Å². The average Bonchev–Trinajstić information content (AvgIpc) is 3.09. The van der Waals surface area contributed by atoms with Gasteiger partial charge in [0.25, 0.3) is 5.91 Å². The molecule has 29 heavy (non-hydrogen) atoms. The number of imidazole rings is 1. The van der Waals surface area contributed by atoms with Crippen LogP contribution in [0.15, 0.2) is 39.3 Å². The number of hydrogen-bond donors (Lipinski definition) is 3. The average molecular weight is 543 g/mol. The number of carboxylic acid groups (broad SMARTS) is 1. The molecule has 2 aromatic carbocycles. The number of carbonyl (C=O) groups excluding carboxylic acids is 1. The first-order valence-corrected chi connectivity index (χ1v) is 11.5. The fourth-order valence-corrected chi connectivity index (χ4v) is 4.33. The first-order valence-electron chi connectivity index (χ1n) is 8.52. The van der Waals surface area contributed by atoms with E-state index in [4.69, 9.17) is 9.84 Å². The number of aromatic nitrogens is 2. The lowest BCUT2D eigenvalue weighted by molar-refractivity contribution is -0.135. The molecule has 0 aliphatic carbocycles. The van der Waals surface area contributed by atoms with Gasteiger partial charge in [-0.2, -0.15) is 11.8 Å². The maximum atomic E-state index is 12.1. The first-order chi connectivity index (χ1) is 13.9. The molecule has 152 valence electrons. The molecular weight excluding hydrogens is 526 g/mol. The van der Waals surface area contributed by atoms with Gasteiger partial charge in [-0.05, 0) is 62.4 Å². The van der Waals surface area contributed by atoms with Crippen molar-refractivity contribution < 1.29 is 19.4 Å². The number of nitrogens with zero attached hydrogens (tertiary/aromatic N) is 1. The van der Waals surface area contributed by atoms with Crippen molar-refractivity contribution in [1.82, 2.24) is 15.3 Å². The molecule has 1 heterocycles. The molecule has 0 saturated heterocycles. The minimum absolute atomic E-state index is 0.305. The maximum Gasteiger partial charge on any atom is 0.322 e. The highest BCUT2D eigenvalue weighted by Gasteiger charge is 2.15. The summed E-state index contributed by atoms with van der Waals surface area (Å²) in [5.74, 6) is 1.45. The standard InChI is InChI=1S/C19H17Br2N3O4S/c1-29-5-4-16-23-14-3-2-11(8-15(14)24-16)28-18-12(20)6-10(7-13(18)21)19(27)22-9-17(25)26/h2-3,6-8H,4-5,9H2,1H3,(H,22,27)(H,23,24)(H,25,26). The van der Waals surface area contributed by atoms with Gasteiger partial charge in [-0.1, -0.05) is 0 Å². The summed E-state index contributed by atoms with van der Waals surface area (Å²) in [5.41, 5.74) is 2.06. The normalized spacial score (nSPS) is 10.9. The second-order valence-electron chi connectivity index (χ2n) is 6.05. The number of aliphatic carboxylic acids is 1. The van der Waals surface area contributed by atoms with E-state index in [0.717, 1.165) is 29.0 Å². The van der Waals surface area contributed by atoms with Gasteiger partial charge in [0, 0.05) is 23.8 Å². The number of amides is 1. The van der Waals surface area contributed by atoms with Gasteiger partial charge in [0.2, 0.25) is 0 Å². The zero-order valence-corrected chi connectivity index (χ0v) is 19.3. The molecular formula is C19H17Br2N3O4S. The Balaban J connectivity index is 1.80. The van der Waals surface area contributed by atoms with Crippen molar-refractivity contribution in [3.8, 4) is 11.5 Å². The first kappa shape index (κ1) is 21.7. The molecule has 7 nitrogen and oxygen atoms in total. The van der Waals surface area contributed by atoms with Crippen LogP contribution in [0.25, 0.3) is 11.0 Å². The van der Waals surface area contributed by atoms with E-state index in [9.17, 15) is 9.59 Å². The Morgan fingerprint density at radius 3 is 2.62 bits per heavy atom. The molecule has 10 heteroatoms. The SMILES string of the molecule is CSCCc1nc2ccc(Oc3c(Br)cc(C(=O)NCC(=O)O)cc3Br)cc2[nH]1. The van der Waals surface area contributed by atoms with Crippen LogP contribution in [0.1, 0.15) is 16.2 Å². The summed E-state index contributed by atoms with van der Waals surface area (Å²) < 4.78 is 7.11. The lowest BCUT2D eigenvalue weighted by Gasteiger charge is -2.12. The Labute approximate surface area is 187 Å². The molecule has 0 aliphatic rings. The summed E-state index contributed by atoms with van der Waals surface area (Å²) in [6.45, 7) is -0.449. The Morgan fingerprint density at radius 1 is 1.24 bits per heavy atom. The van der Waals surface area contributed by atoms with Crippen LogP contribution in [0.2, 0.25) is 0 Å². The molecule has 3 aromatic rings. The number of carboxylic acids is 1. The van der Waals surface area contributed by atoms with E-state index in [1.165, 1.54) is 0 Å². The van der Waals surface area contributed by atoms with Gasteiger partial charge in [-0.25, -0.2) is 4.98 Å². The van der Waals surface area contributed by atoms with E-state index in [1.54, 1.807) is 23.9 Å². The van der Waals surface area contributed by atoms with Crippen molar-refractivity contribution >= 4 is 66.5 Å². The molecule has 1 aromatic heterocycles. The zero-order chi connectivity index (χ0) is 21.0. The number of ether oxygens (including phenoxy) is 1. The Morgan fingerprint density at radius 2 is 1.97 bits per heavy atom. The number of rotatable bonds is 8. The van der Waals surface area contributed by atoms with Crippen LogP contribution >= 0.6 is 43.6 Å². The second-order valence-corrected chi connectivity index (χ2v) is 8.75. The topological polar surface area (TPSA) is 104 Å². The number of aryl methyl sites for hydroxylation is 1. The number of hydrogen-bond acceptors (Lipinski definition) is 5. The number of fused-ring (bicyclic) bond motifs is 1. The van der Waals surface area contributed by atoms with E-state index in [-0.39, 0.29) is 0 Å². The number of H-pyrrole nitrogens is 1. The largest absolute Gasteiger partial charge is 0.480 e. The molecule has 3 rings (SSSR count). The van der Waals surface area contributed by atoms with Crippen molar-refractivity contribution in [2.24, 2.45) is 0 Å². The number of aromatic amines is 1. The van der Waals surface area contributed by atoms with Crippen LogP contribution in [0.5, 0.6) is 11.5 Å². The fraction of sp³-hybridized carbons (Fsp3) is 0.211. The highest BCUT2D eigenvalue weighted by Crippen LogP contribution is 2.38. The summed E-state index contributed by atoms with van der Waals surface area (Å²) in [7, 11) is 0. The number of thioether (sulfide) groups is 1. The molecule has 0 bridgehead atoms. The lowest BCUT2D eigenvalue weighted by Crippen LogP contribution is -2.29.